The zero-order valence-electron chi connectivity index (χ0n) is 35.3. The third-order valence-electron chi connectivity index (χ3n) is 11.4. The molecule has 0 aliphatic rings. The summed E-state index contributed by atoms with van der Waals surface area (Å²) in [4.78, 5) is 10.5. The molecule has 0 spiro atoms. The zero-order valence-corrected chi connectivity index (χ0v) is 37.6. The van der Waals surface area contributed by atoms with Crippen LogP contribution in [0.15, 0.2) is 176 Å². The van der Waals surface area contributed by atoms with E-state index < -0.39 is 0 Å². The Balaban J connectivity index is 0.00000514. The first-order chi connectivity index (χ1) is 28.9. The largest absolute Gasteiger partial charge is 0.507 e. The number of hydrogen-bond donors (Lipinski definition) is 1. The van der Waals surface area contributed by atoms with Gasteiger partial charge in [0.2, 0.25) is 0 Å². The Hall–Kier alpha value is -6.35. The molecule has 0 saturated heterocycles. The van der Waals surface area contributed by atoms with Gasteiger partial charge in [-0.2, -0.15) is 0 Å². The number of nitrogens with zero attached hydrogens (tertiary/aromatic N) is 3. The second-order valence-electron chi connectivity index (χ2n) is 17.6. The molecule has 0 aliphatic carbocycles. The summed E-state index contributed by atoms with van der Waals surface area (Å²) in [7, 11) is 0. The van der Waals surface area contributed by atoms with Gasteiger partial charge < -0.3 is 5.11 Å². The van der Waals surface area contributed by atoms with E-state index in [0.717, 1.165) is 78.0 Å². The minimum atomic E-state index is -0.296. The molecule has 0 fully saturated rings. The van der Waals surface area contributed by atoms with E-state index in [1.807, 2.05) is 42.6 Å². The zero-order chi connectivity index (χ0) is 41.6. The van der Waals surface area contributed by atoms with E-state index >= 15 is 0 Å². The number of imidazole rings is 1. The van der Waals surface area contributed by atoms with Gasteiger partial charge in [-0.3, -0.25) is 9.55 Å². The predicted octanol–water partition coefficient (Wildman–Crippen LogP) is 14.5. The third kappa shape index (κ3) is 8.13. The van der Waals surface area contributed by atoms with Crippen LogP contribution in [0.5, 0.6) is 5.75 Å². The van der Waals surface area contributed by atoms with Crippen molar-refractivity contribution < 1.29 is 26.2 Å². The Bertz CT molecular complexity index is 2990. The summed E-state index contributed by atoms with van der Waals surface area (Å²) in [6, 6.07) is 63.0. The predicted molar refractivity (Wildman–Crippen MR) is 249 cm³/mol. The Labute approximate surface area is 373 Å². The molecule has 0 unspecified atom stereocenters. The number of fused-ring (bicyclic) bond motifs is 1. The van der Waals surface area contributed by atoms with Gasteiger partial charge in [-0.1, -0.05) is 186 Å². The number of aromatic hydroxyl groups is 1. The van der Waals surface area contributed by atoms with Crippen LogP contribution < -0.4 is 0 Å². The van der Waals surface area contributed by atoms with Crippen molar-refractivity contribution in [1.29, 1.82) is 0 Å². The minimum absolute atomic E-state index is 0. The SMILES string of the molecule is CC(C)(C)c1cc(-c2cc(-c3ccccc3)ccn2)[c-]c(-c2cccc3c2nc(-c2cccc(C(C)(C)C)c2O)n3-c2cc(-c3ccccc3)ccc2-c2ccccc2)c1.[Pt]. The van der Waals surface area contributed by atoms with E-state index in [1.54, 1.807) is 0 Å². The van der Waals surface area contributed by atoms with Gasteiger partial charge in [-0.05, 0) is 68.5 Å². The van der Waals surface area contributed by atoms with Gasteiger partial charge in [0.1, 0.15) is 11.6 Å². The first-order valence-corrected chi connectivity index (χ1v) is 20.6. The molecule has 1 N–H and O–H groups in total. The molecular weight excluding hydrogens is 926 g/mol. The normalized spacial score (nSPS) is 11.7. The van der Waals surface area contributed by atoms with Gasteiger partial charge in [0.05, 0.1) is 22.3 Å². The smallest absolute Gasteiger partial charge is 0.148 e. The minimum Gasteiger partial charge on any atom is -0.507 e. The number of phenols is 1. The molecule has 7 aromatic carbocycles. The van der Waals surface area contributed by atoms with Crippen LogP contribution in [0.3, 0.4) is 0 Å². The standard InChI is InChI=1S/C56H48N3O.Pt/c1-55(2,3)44-33-42(32-43(34-44)49-35-41(30-31-57-49)38-20-12-8-13-21-38)46-24-17-27-50-52(46)58-54(47-25-16-26-48(53(47)60)56(4,5)6)59(50)51-36-40(37-18-10-7-11-19-37)28-29-45(51)39-22-14-9-15-23-39;/h7-31,33-36,60H,1-6H3;/q-1;. The number of hydrogen-bond acceptors (Lipinski definition) is 3. The molecule has 0 atom stereocenters. The summed E-state index contributed by atoms with van der Waals surface area (Å²) in [6.45, 7) is 13.1. The van der Waals surface area contributed by atoms with Crippen LogP contribution in [0.25, 0.3) is 83.9 Å². The fourth-order valence-corrected chi connectivity index (χ4v) is 8.13. The Morgan fingerprint density at radius 2 is 1.10 bits per heavy atom. The topological polar surface area (TPSA) is 50.9 Å². The molecule has 9 aromatic rings. The summed E-state index contributed by atoms with van der Waals surface area (Å²) < 4.78 is 2.24. The van der Waals surface area contributed by atoms with E-state index in [1.165, 1.54) is 5.56 Å². The molecule has 304 valence electrons. The van der Waals surface area contributed by atoms with Crippen LogP contribution in [0, 0.1) is 6.07 Å². The Kier molecular flexibility index (Phi) is 11.3. The van der Waals surface area contributed by atoms with Gasteiger partial charge >= 0.3 is 0 Å². The van der Waals surface area contributed by atoms with E-state index in [0.29, 0.717) is 11.4 Å². The molecule has 0 bridgehead atoms. The molecule has 0 radical (unpaired) electrons. The number of aromatic nitrogens is 3. The molecule has 0 saturated carbocycles. The van der Waals surface area contributed by atoms with E-state index in [4.69, 9.17) is 9.97 Å². The number of rotatable bonds is 7. The molecule has 2 heterocycles. The fraction of sp³-hybridized carbons (Fsp3) is 0.143. The second-order valence-corrected chi connectivity index (χ2v) is 17.6. The number of pyridine rings is 1. The van der Waals surface area contributed by atoms with E-state index in [9.17, 15) is 5.11 Å². The van der Waals surface area contributed by atoms with Crippen LogP contribution in [0.2, 0.25) is 0 Å². The van der Waals surface area contributed by atoms with Crippen LogP contribution in [0.1, 0.15) is 52.7 Å². The van der Waals surface area contributed by atoms with Gasteiger partial charge in [0.15, 0.2) is 0 Å². The van der Waals surface area contributed by atoms with Crippen molar-refractivity contribution in [2.75, 3.05) is 0 Å². The van der Waals surface area contributed by atoms with Gasteiger partial charge in [-0.25, -0.2) is 4.98 Å². The van der Waals surface area contributed by atoms with Crippen LogP contribution in [0.4, 0.5) is 0 Å². The molecule has 2 aromatic heterocycles. The van der Waals surface area contributed by atoms with Crippen molar-refractivity contribution in [3.63, 3.8) is 0 Å². The van der Waals surface area contributed by atoms with E-state index in [2.05, 4.69) is 186 Å². The van der Waals surface area contributed by atoms with Crippen LogP contribution in [-0.2, 0) is 31.9 Å². The molecule has 9 rings (SSSR count). The second kappa shape index (κ2) is 16.6. The molecule has 5 heteroatoms. The molecule has 0 amide bonds. The Morgan fingerprint density at radius 1 is 0.508 bits per heavy atom. The monoisotopic (exact) mass is 973 g/mol. The van der Waals surface area contributed by atoms with Crippen LogP contribution >= 0.6 is 0 Å². The summed E-state index contributed by atoms with van der Waals surface area (Å²) in [5.74, 6) is 0.893. The third-order valence-corrected chi connectivity index (χ3v) is 11.4. The number of benzene rings is 7. The average Bonchev–Trinajstić information content (AvgIpc) is 3.66. The first kappa shape index (κ1) is 41.4. The van der Waals surface area contributed by atoms with Crippen LogP contribution in [-0.4, -0.2) is 19.6 Å². The molecular formula is C56H48N3OPt-. The number of phenolic OH excluding ortho intramolecular Hbond substituents is 1. The van der Waals surface area contributed by atoms with E-state index in [-0.39, 0.29) is 37.6 Å². The van der Waals surface area contributed by atoms with Crippen molar-refractivity contribution in [3.8, 4) is 78.6 Å². The number of para-hydroxylation sites is 2. The van der Waals surface area contributed by atoms with Crippen molar-refractivity contribution in [1.82, 2.24) is 14.5 Å². The summed E-state index contributed by atoms with van der Waals surface area (Å²) in [5.41, 5.74) is 15.2. The Morgan fingerprint density at radius 3 is 1.74 bits per heavy atom. The first-order valence-electron chi connectivity index (χ1n) is 20.6. The van der Waals surface area contributed by atoms with Crippen molar-refractivity contribution >= 4 is 11.0 Å². The summed E-state index contributed by atoms with van der Waals surface area (Å²) >= 11 is 0. The molecule has 61 heavy (non-hydrogen) atoms. The fourth-order valence-electron chi connectivity index (χ4n) is 8.13. The van der Waals surface area contributed by atoms with Crippen molar-refractivity contribution in [3.05, 3.63) is 193 Å². The average molecular weight is 974 g/mol. The van der Waals surface area contributed by atoms with Gasteiger partial charge in [0.25, 0.3) is 0 Å². The van der Waals surface area contributed by atoms with Gasteiger partial charge in [0, 0.05) is 38.5 Å². The summed E-state index contributed by atoms with van der Waals surface area (Å²) in [6.07, 6.45) is 1.88. The van der Waals surface area contributed by atoms with Crippen molar-refractivity contribution in [2.45, 2.75) is 52.4 Å². The summed E-state index contributed by atoms with van der Waals surface area (Å²) in [5, 5.41) is 12.2. The molecule has 0 aliphatic heterocycles. The molecule has 4 nitrogen and oxygen atoms in total. The van der Waals surface area contributed by atoms with Gasteiger partial charge in [-0.15, -0.1) is 29.3 Å². The maximum Gasteiger partial charge on any atom is 0.148 e. The quantitative estimate of drug-likeness (QED) is 0.162. The maximum absolute atomic E-state index is 12.2. The van der Waals surface area contributed by atoms with Crippen molar-refractivity contribution in [2.24, 2.45) is 0 Å². The maximum atomic E-state index is 12.2.